The number of ether oxygens (including phenoxy) is 2. The molecule has 0 aliphatic carbocycles. The topological polar surface area (TPSA) is 105 Å². The van der Waals surface area contributed by atoms with Crippen LogP contribution in [0.2, 0.25) is 0 Å². The van der Waals surface area contributed by atoms with Gasteiger partial charge in [0.15, 0.2) is 6.04 Å². The number of aliphatic hydroxyl groups excluding tert-OH is 1. The highest BCUT2D eigenvalue weighted by molar-refractivity contribution is 5.77. The van der Waals surface area contributed by atoms with Gasteiger partial charge in [-0.25, -0.2) is 0 Å². The zero-order valence-corrected chi connectivity index (χ0v) is 12.5. The van der Waals surface area contributed by atoms with Gasteiger partial charge in [0.25, 0.3) is 0 Å². The minimum Gasteiger partial charge on any atom is -0.497 e. The second kappa shape index (κ2) is 6.97. The molecule has 1 aromatic carbocycles. The smallest absolute Gasteiger partial charge is 0.318 e. The lowest BCUT2D eigenvalue weighted by Crippen LogP contribution is -2.34. The molecule has 0 spiro atoms. The summed E-state index contributed by atoms with van der Waals surface area (Å²) in [6.07, 6.45) is -1.29. The fourth-order valence-electron chi connectivity index (χ4n) is 1.64. The lowest BCUT2D eigenvalue weighted by Gasteiger charge is -2.24. The lowest BCUT2D eigenvalue weighted by atomic mass is 10.0. The molecule has 1 aromatic rings. The van der Waals surface area contributed by atoms with Crippen LogP contribution in [-0.4, -0.2) is 29.8 Å². The third kappa shape index (κ3) is 4.98. The summed E-state index contributed by atoms with van der Waals surface area (Å²) in [6, 6.07) is 5.12. The molecule has 21 heavy (non-hydrogen) atoms. The van der Waals surface area contributed by atoms with Crippen LogP contribution in [0.1, 0.15) is 32.4 Å². The van der Waals surface area contributed by atoms with Crippen molar-refractivity contribution in [1.29, 1.82) is 0 Å². The van der Waals surface area contributed by atoms with Gasteiger partial charge in [0.2, 0.25) is 0 Å². The van der Waals surface area contributed by atoms with Crippen molar-refractivity contribution in [3.63, 3.8) is 0 Å². The van der Waals surface area contributed by atoms with Crippen molar-refractivity contribution in [2.75, 3.05) is 7.11 Å². The van der Waals surface area contributed by atoms with E-state index in [1.165, 1.54) is 7.11 Å². The molecule has 0 aliphatic rings. The summed E-state index contributed by atoms with van der Waals surface area (Å²) >= 11 is 0. The van der Waals surface area contributed by atoms with Gasteiger partial charge in [0.1, 0.15) is 11.4 Å². The average molecular weight is 293 g/mol. The predicted molar refractivity (Wildman–Crippen MR) is 76.7 cm³/mol. The molecule has 2 atom stereocenters. The largest absolute Gasteiger partial charge is 0.497 e. The maximum absolute atomic E-state index is 12.0. The van der Waals surface area contributed by atoms with Gasteiger partial charge in [0.05, 0.1) is 13.2 Å². The second-order valence-electron chi connectivity index (χ2n) is 5.40. The van der Waals surface area contributed by atoms with Gasteiger partial charge >= 0.3 is 5.97 Å². The molecule has 0 saturated carbocycles. The van der Waals surface area contributed by atoms with Crippen molar-refractivity contribution in [2.45, 2.75) is 38.5 Å². The van der Waals surface area contributed by atoms with E-state index in [-0.39, 0.29) is 0 Å². The molecule has 0 fully saturated rings. The van der Waals surface area contributed by atoms with E-state index in [1.807, 2.05) is 0 Å². The summed E-state index contributed by atoms with van der Waals surface area (Å²) in [5, 5.41) is 13.6. The quantitative estimate of drug-likeness (QED) is 0.390. The zero-order valence-electron chi connectivity index (χ0n) is 12.5. The van der Waals surface area contributed by atoms with E-state index in [9.17, 15) is 9.90 Å². The Labute approximate surface area is 123 Å². The molecule has 0 aliphatic heterocycles. The highest BCUT2D eigenvalue weighted by Crippen LogP contribution is 2.24. The third-order valence-electron chi connectivity index (χ3n) is 2.58. The predicted octanol–water partition coefficient (Wildman–Crippen LogP) is 2.75. The number of esters is 1. The maximum Gasteiger partial charge on any atom is 0.318 e. The Hall–Kier alpha value is -2.24. The fraction of sp³-hybridized carbons (Fsp3) is 0.500. The highest BCUT2D eigenvalue weighted by atomic mass is 16.6. The Morgan fingerprint density at radius 1 is 1.33 bits per heavy atom. The Balaban J connectivity index is 2.98. The van der Waals surface area contributed by atoms with E-state index in [2.05, 4.69) is 10.0 Å². The average Bonchev–Trinajstić information content (AvgIpc) is 2.42. The first-order valence-corrected chi connectivity index (χ1v) is 6.37. The first kappa shape index (κ1) is 16.8. The van der Waals surface area contributed by atoms with E-state index in [0.29, 0.717) is 11.3 Å². The summed E-state index contributed by atoms with van der Waals surface area (Å²) < 4.78 is 10.2. The Kier molecular flexibility index (Phi) is 5.58. The van der Waals surface area contributed by atoms with Gasteiger partial charge in [0, 0.05) is 4.91 Å². The Bertz CT molecular complexity index is 530. The van der Waals surface area contributed by atoms with E-state index in [1.54, 1.807) is 45.0 Å². The van der Waals surface area contributed by atoms with Crippen LogP contribution in [0.15, 0.2) is 29.4 Å². The summed E-state index contributed by atoms with van der Waals surface area (Å²) in [5.74, 6) is -0.160. The normalized spacial score (nSPS) is 13.8. The molecule has 1 N–H and O–H groups in total. The van der Waals surface area contributed by atoms with Crippen molar-refractivity contribution in [3.8, 4) is 5.75 Å². The van der Waals surface area contributed by atoms with Gasteiger partial charge < -0.3 is 14.6 Å². The lowest BCUT2D eigenvalue weighted by molar-refractivity contribution is -0.159. The van der Waals surface area contributed by atoms with Crippen molar-refractivity contribution in [3.05, 3.63) is 40.3 Å². The first-order valence-electron chi connectivity index (χ1n) is 6.37. The number of azide groups is 1. The standard InChI is InChI=1S/C14H19N3O4/c1-14(2,3)21-13(19)11(16-17-15)12(18)9-5-7-10(20-4)8-6-9/h5-8,11-12,18H,1-4H3/t11-,12+/m1/s1. The summed E-state index contributed by atoms with van der Waals surface area (Å²) in [7, 11) is 1.52. The minimum absolute atomic E-state index is 0.430. The molecule has 0 bridgehead atoms. The van der Waals surface area contributed by atoms with Crippen LogP contribution in [0.4, 0.5) is 0 Å². The van der Waals surface area contributed by atoms with Crippen LogP contribution >= 0.6 is 0 Å². The van der Waals surface area contributed by atoms with Crippen molar-refractivity contribution in [1.82, 2.24) is 0 Å². The van der Waals surface area contributed by atoms with Crippen LogP contribution in [0.25, 0.3) is 10.4 Å². The molecule has 0 aromatic heterocycles. The third-order valence-corrected chi connectivity index (χ3v) is 2.58. The number of nitrogens with zero attached hydrogens (tertiary/aromatic N) is 3. The number of hydrogen-bond acceptors (Lipinski definition) is 5. The van der Waals surface area contributed by atoms with Gasteiger partial charge in [-0.15, -0.1) is 0 Å². The van der Waals surface area contributed by atoms with Gasteiger partial charge in [-0.3, -0.25) is 4.79 Å². The first-order chi connectivity index (χ1) is 9.78. The van der Waals surface area contributed by atoms with Crippen molar-refractivity contribution in [2.24, 2.45) is 5.11 Å². The maximum atomic E-state index is 12.0. The number of benzene rings is 1. The van der Waals surface area contributed by atoms with Gasteiger partial charge in [-0.1, -0.05) is 17.2 Å². The molecule has 0 unspecified atom stereocenters. The molecule has 0 heterocycles. The molecule has 7 heteroatoms. The van der Waals surface area contributed by atoms with Crippen LogP contribution in [0, 0.1) is 0 Å². The molecule has 0 amide bonds. The van der Waals surface area contributed by atoms with Crippen LogP contribution in [0.3, 0.4) is 0 Å². The number of methoxy groups -OCH3 is 1. The molecular weight excluding hydrogens is 274 g/mol. The summed E-state index contributed by atoms with van der Waals surface area (Å²) in [5.41, 5.74) is 8.27. The number of carbonyl (C=O) groups excluding carboxylic acids is 1. The molecular formula is C14H19N3O4. The number of hydrogen-bond donors (Lipinski definition) is 1. The monoisotopic (exact) mass is 293 g/mol. The summed E-state index contributed by atoms with van der Waals surface area (Å²) in [6.45, 7) is 5.08. The highest BCUT2D eigenvalue weighted by Gasteiger charge is 2.31. The molecule has 0 saturated heterocycles. The Morgan fingerprint density at radius 2 is 1.90 bits per heavy atom. The van der Waals surface area contributed by atoms with Crippen molar-refractivity contribution >= 4 is 5.97 Å². The zero-order chi connectivity index (χ0) is 16.0. The molecule has 7 nitrogen and oxygen atoms in total. The number of rotatable bonds is 5. The summed E-state index contributed by atoms with van der Waals surface area (Å²) in [4.78, 5) is 14.6. The minimum atomic E-state index is -1.34. The van der Waals surface area contributed by atoms with E-state index >= 15 is 0 Å². The van der Waals surface area contributed by atoms with Crippen molar-refractivity contribution < 1.29 is 19.4 Å². The van der Waals surface area contributed by atoms with E-state index < -0.39 is 23.7 Å². The van der Waals surface area contributed by atoms with E-state index in [0.717, 1.165) is 0 Å². The van der Waals surface area contributed by atoms with Crippen LogP contribution < -0.4 is 4.74 Å². The Morgan fingerprint density at radius 3 is 2.33 bits per heavy atom. The van der Waals surface area contributed by atoms with Gasteiger partial charge in [-0.05, 0) is 44.0 Å². The SMILES string of the molecule is COc1ccc([C@H](O)[C@@H](N=[N+]=[N-])C(=O)OC(C)(C)C)cc1. The molecule has 114 valence electrons. The van der Waals surface area contributed by atoms with Crippen LogP contribution in [-0.2, 0) is 9.53 Å². The number of carbonyl (C=O) groups is 1. The second-order valence-corrected chi connectivity index (χ2v) is 5.40. The van der Waals surface area contributed by atoms with Crippen LogP contribution in [0.5, 0.6) is 5.75 Å². The number of aliphatic hydroxyl groups is 1. The fourth-order valence-corrected chi connectivity index (χ4v) is 1.64. The van der Waals surface area contributed by atoms with Gasteiger partial charge in [-0.2, -0.15) is 0 Å². The van der Waals surface area contributed by atoms with E-state index in [4.69, 9.17) is 15.0 Å². The molecule has 1 rings (SSSR count). The molecule has 0 radical (unpaired) electrons.